The van der Waals surface area contributed by atoms with Gasteiger partial charge in [0, 0.05) is 25.7 Å². The maximum atomic E-state index is 13.1. The van der Waals surface area contributed by atoms with Crippen molar-refractivity contribution >= 4 is 39.5 Å². The van der Waals surface area contributed by atoms with Gasteiger partial charge in [0.1, 0.15) is 19.3 Å². The van der Waals surface area contributed by atoms with Gasteiger partial charge in [0.15, 0.2) is 12.2 Å². The number of esters is 4. The summed E-state index contributed by atoms with van der Waals surface area (Å²) < 4.78 is 68.6. The third kappa shape index (κ3) is 69.8. The molecule has 0 bridgehead atoms. The second-order valence-electron chi connectivity index (χ2n) is 29.9. The van der Waals surface area contributed by atoms with Gasteiger partial charge in [-0.2, -0.15) is 0 Å². The lowest BCUT2D eigenvalue weighted by atomic mass is 9.99. The van der Waals surface area contributed by atoms with E-state index in [1.165, 1.54) is 199 Å². The molecule has 0 spiro atoms. The fraction of sp³-hybridized carbons (Fsp3) is 0.949. The highest BCUT2D eigenvalue weighted by atomic mass is 31.2. The molecule has 7 atom stereocenters. The fourth-order valence-electron chi connectivity index (χ4n) is 12.0. The average Bonchev–Trinajstić information content (AvgIpc) is 0.996. The number of aliphatic hydroxyl groups excluding tert-OH is 1. The van der Waals surface area contributed by atoms with Crippen LogP contribution in [-0.2, 0) is 65.4 Å². The molecule has 582 valence electrons. The van der Waals surface area contributed by atoms with E-state index in [1.807, 2.05) is 0 Å². The number of phosphoric ester groups is 2. The Kier molecular flexibility index (Phi) is 66.8. The van der Waals surface area contributed by atoms with E-state index >= 15 is 0 Å². The number of carbonyl (C=O) groups is 4. The molecule has 0 saturated carbocycles. The molecule has 19 heteroatoms. The van der Waals surface area contributed by atoms with Crippen LogP contribution >= 0.6 is 15.6 Å². The smallest absolute Gasteiger partial charge is 0.462 e. The van der Waals surface area contributed by atoms with Crippen molar-refractivity contribution in [3.05, 3.63) is 0 Å². The molecule has 0 aromatic rings. The second kappa shape index (κ2) is 68.2. The van der Waals surface area contributed by atoms with Gasteiger partial charge in [-0.25, -0.2) is 9.13 Å². The number of phosphoric acid groups is 2. The van der Waals surface area contributed by atoms with Crippen LogP contribution in [-0.4, -0.2) is 96.7 Å². The summed E-state index contributed by atoms with van der Waals surface area (Å²) in [5.74, 6) is 0.983. The molecule has 0 heterocycles. The minimum absolute atomic E-state index is 0.104. The first-order chi connectivity index (χ1) is 47.2. The molecule has 0 aromatic heterocycles. The molecular formula is C79H154O17P2. The van der Waals surface area contributed by atoms with Crippen LogP contribution < -0.4 is 0 Å². The number of hydrogen-bond donors (Lipinski definition) is 3. The lowest BCUT2D eigenvalue weighted by Crippen LogP contribution is -2.30. The largest absolute Gasteiger partial charge is 0.472 e. The van der Waals surface area contributed by atoms with Crippen LogP contribution in [0.3, 0.4) is 0 Å². The molecule has 0 fully saturated rings. The van der Waals surface area contributed by atoms with E-state index < -0.39 is 97.5 Å². The summed E-state index contributed by atoms with van der Waals surface area (Å²) in [6.45, 7) is 14.2. The SMILES string of the molecule is CCC(C)CCCCCCCCCCC(=O)O[C@H](COC(=O)CCCCCCCCC(C)CC)COP(=O)(O)OC[C@H](O)COP(=O)(O)OC[C@@H](COC(=O)CCCCCCCCCCCCCCC(C)C)OC(=O)CCCCCCCCCCCCCCCCCCCCC(C)C. The van der Waals surface area contributed by atoms with Gasteiger partial charge >= 0.3 is 39.5 Å². The summed E-state index contributed by atoms with van der Waals surface area (Å²) in [6.07, 6.45) is 54.2. The van der Waals surface area contributed by atoms with E-state index in [9.17, 15) is 43.2 Å². The first-order valence-corrected chi connectivity index (χ1v) is 43.8. The second-order valence-corrected chi connectivity index (χ2v) is 32.8. The maximum Gasteiger partial charge on any atom is 0.472 e. The normalized spacial score (nSPS) is 14.6. The molecular weight excluding hydrogens is 1280 g/mol. The van der Waals surface area contributed by atoms with Crippen molar-refractivity contribution in [2.24, 2.45) is 23.7 Å². The predicted molar refractivity (Wildman–Crippen MR) is 400 cm³/mol. The third-order valence-electron chi connectivity index (χ3n) is 19.0. The summed E-state index contributed by atoms with van der Waals surface area (Å²) >= 11 is 0. The Bertz CT molecular complexity index is 1920. The molecule has 17 nitrogen and oxygen atoms in total. The van der Waals surface area contributed by atoms with Gasteiger partial charge < -0.3 is 33.8 Å². The molecule has 0 radical (unpaired) electrons. The van der Waals surface area contributed by atoms with E-state index in [-0.39, 0.29) is 25.7 Å². The molecule has 3 N–H and O–H groups in total. The summed E-state index contributed by atoms with van der Waals surface area (Å²) in [5, 5.41) is 10.6. The third-order valence-corrected chi connectivity index (χ3v) is 20.9. The van der Waals surface area contributed by atoms with Crippen molar-refractivity contribution in [3.8, 4) is 0 Å². The zero-order valence-corrected chi connectivity index (χ0v) is 66.2. The number of ether oxygens (including phenoxy) is 4. The monoisotopic (exact) mass is 1440 g/mol. The number of unbranched alkanes of at least 4 members (excludes halogenated alkanes) is 40. The van der Waals surface area contributed by atoms with E-state index in [0.29, 0.717) is 25.7 Å². The Morgan fingerprint density at radius 3 is 0.724 bits per heavy atom. The molecule has 0 aliphatic rings. The molecule has 98 heavy (non-hydrogen) atoms. The van der Waals surface area contributed by atoms with E-state index in [0.717, 1.165) is 120 Å². The highest BCUT2D eigenvalue weighted by Crippen LogP contribution is 2.45. The lowest BCUT2D eigenvalue weighted by molar-refractivity contribution is -0.161. The molecule has 4 unspecified atom stereocenters. The van der Waals surface area contributed by atoms with Crippen LogP contribution in [0.2, 0.25) is 0 Å². The lowest BCUT2D eigenvalue weighted by Gasteiger charge is -2.21. The highest BCUT2D eigenvalue weighted by molar-refractivity contribution is 7.47. The highest BCUT2D eigenvalue weighted by Gasteiger charge is 2.30. The molecule has 0 rings (SSSR count). The first-order valence-electron chi connectivity index (χ1n) is 40.8. The maximum absolute atomic E-state index is 13.1. The van der Waals surface area contributed by atoms with Gasteiger partial charge in [0.25, 0.3) is 0 Å². The number of rotatable bonds is 76. The van der Waals surface area contributed by atoms with Crippen molar-refractivity contribution in [1.29, 1.82) is 0 Å². The van der Waals surface area contributed by atoms with Crippen molar-refractivity contribution < 1.29 is 80.2 Å². The van der Waals surface area contributed by atoms with Gasteiger partial charge in [-0.1, -0.05) is 351 Å². The van der Waals surface area contributed by atoms with Crippen LogP contribution in [0.15, 0.2) is 0 Å². The Balaban J connectivity index is 5.23. The predicted octanol–water partition coefficient (Wildman–Crippen LogP) is 23.2. The molecule has 0 aliphatic heterocycles. The minimum atomic E-state index is -4.96. The van der Waals surface area contributed by atoms with Crippen molar-refractivity contribution in [3.63, 3.8) is 0 Å². The van der Waals surface area contributed by atoms with Gasteiger partial charge in [-0.15, -0.1) is 0 Å². The van der Waals surface area contributed by atoms with Crippen molar-refractivity contribution in [2.75, 3.05) is 39.6 Å². The topological polar surface area (TPSA) is 237 Å². The summed E-state index contributed by atoms with van der Waals surface area (Å²) in [5.41, 5.74) is 0. The summed E-state index contributed by atoms with van der Waals surface area (Å²) in [7, 11) is -9.92. The Morgan fingerprint density at radius 1 is 0.286 bits per heavy atom. The van der Waals surface area contributed by atoms with Gasteiger partial charge in [0.2, 0.25) is 0 Å². The number of carbonyl (C=O) groups excluding carboxylic acids is 4. The Hall–Kier alpha value is -1.94. The minimum Gasteiger partial charge on any atom is -0.462 e. The average molecular weight is 1440 g/mol. The summed E-state index contributed by atoms with van der Waals surface area (Å²) in [4.78, 5) is 72.9. The zero-order valence-electron chi connectivity index (χ0n) is 64.4. The molecule has 0 aromatic carbocycles. The van der Waals surface area contributed by atoms with E-state index in [4.69, 9.17) is 37.0 Å². The number of aliphatic hydroxyl groups is 1. The van der Waals surface area contributed by atoms with Gasteiger partial charge in [-0.3, -0.25) is 37.3 Å². The zero-order chi connectivity index (χ0) is 72.4. The van der Waals surface area contributed by atoms with Crippen LogP contribution in [0.25, 0.3) is 0 Å². The quantitative estimate of drug-likeness (QED) is 0.0222. The fourth-order valence-corrected chi connectivity index (χ4v) is 13.6. The van der Waals surface area contributed by atoms with Crippen LogP contribution in [0.1, 0.15) is 402 Å². The summed E-state index contributed by atoms with van der Waals surface area (Å²) in [6, 6.07) is 0. The molecule has 0 aliphatic carbocycles. The molecule has 0 saturated heterocycles. The Labute approximate surface area is 600 Å². The van der Waals surface area contributed by atoms with E-state index in [1.54, 1.807) is 0 Å². The van der Waals surface area contributed by atoms with Crippen molar-refractivity contribution in [1.82, 2.24) is 0 Å². The van der Waals surface area contributed by atoms with E-state index in [2.05, 4.69) is 55.4 Å². The van der Waals surface area contributed by atoms with Gasteiger partial charge in [0.05, 0.1) is 26.4 Å². The number of hydrogen-bond acceptors (Lipinski definition) is 15. The van der Waals surface area contributed by atoms with Gasteiger partial charge in [-0.05, 0) is 49.4 Å². The van der Waals surface area contributed by atoms with Crippen LogP contribution in [0.4, 0.5) is 0 Å². The molecule has 0 amide bonds. The standard InChI is InChI=1S/C79H154O17P2/c1-9-71(7)57-49-41-33-29-30-36-46-54-62-79(84)96-75(66-90-77(82)60-52-44-38-37-42-50-58-72(8)10-2)68-94-98(87,88)92-64-73(80)63-91-97(85,86)93-67-74(65-89-76(81)59-51-43-34-27-23-20-19-22-26-32-40-48-56-70(5)6)95-78(83)61-53-45-35-28-24-18-16-14-12-11-13-15-17-21-25-31-39-47-55-69(3)4/h69-75,80H,9-68H2,1-8H3,(H,85,86)(H,87,88)/t71?,72?,73-,74-,75-/m1/s1. The van der Waals surface area contributed by atoms with Crippen LogP contribution in [0.5, 0.6) is 0 Å². The van der Waals surface area contributed by atoms with Crippen LogP contribution in [0, 0.1) is 23.7 Å². The Morgan fingerprint density at radius 2 is 0.490 bits per heavy atom. The van der Waals surface area contributed by atoms with Crippen molar-refractivity contribution in [2.45, 2.75) is 420 Å². The first kappa shape index (κ1) is 96.1.